The number of esters is 1. The first-order valence-corrected chi connectivity index (χ1v) is 5.72. The van der Waals surface area contributed by atoms with Crippen LogP contribution in [0.25, 0.3) is 0 Å². The van der Waals surface area contributed by atoms with E-state index in [4.69, 9.17) is 5.11 Å². The minimum absolute atomic E-state index is 0.103. The van der Waals surface area contributed by atoms with E-state index < -0.39 is 17.4 Å². The SMILES string of the molecule is COC(=O)CCNC(=O)N1CCC(C)(C(=O)O)C1. The van der Waals surface area contributed by atoms with Gasteiger partial charge in [0.2, 0.25) is 0 Å². The normalized spacial score (nSPS) is 22.7. The smallest absolute Gasteiger partial charge is 0.317 e. The number of likely N-dealkylation sites (tertiary alicyclic amines) is 1. The predicted octanol–water partition coefficient (Wildman–Crippen LogP) is 0.0557. The van der Waals surface area contributed by atoms with Crippen LogP contribution in [0.2, 0.25) is 0 Å². The highest BCUT2D eigenvalue weighted by Gasteiger charge is 2.42. The Morgan fingerprint density at radius 1 is 1.44 bits per heavy atom. The van der Waals surface area contributed by atoms with E-state index in [1.165, 1.54) is 12.0 Å². The van der Waals surface area contributed by atoms with Gasteiger partial charge in [-0.2, -0.15) is 0 Å². The Hall–Kier alpha value is -1.79. The van der Waals surface area contributed by atoms with Crippen molar-refractivity contribution in [2.75, 3.05) is 26.7 Å². The fraction of sp³-hybridized carbons (Fsp3) is 0.727. The van der Waals surface area contributed by atoms with Crippen LogP contribution in [0.3, 0.4) is 0 Å². The number of aliphatic carboxylic acids is 1. The van der Waals surface area contributed by atoms with Crippen LogP contribution >= 0.6 is 0 Å². The Bertz CT molecular complexity index is 357. The highest BCUT2D eigenvalue weighted by atomic mass is 16.5. The Kier molecular flexibility index (Phi) is 4.52. The number of carboxylic acid groups (broad SMARTS) is 1. The second-order valence-corrected chi connectivity index (χ2v) is 4.60. The number of carbonyl (C=O) groups excluding carboxylic acids is 2. The summed E-state index contributed by atoms with van der Waals surface area (Å²) >= 11 is 0. The summed E-state index contributed by atoms with van der Waals surface area (Å²) in [5.41, 5.74) is -0.875. The molecule has 1 fully saturated rings. The largest absolute Gasteiger partial charge is 0.481 e. The van der Waals surface area contributed by atoms with E-state index in [1.54, 1.807) is 6.92 Å². The van der Waals surface area contributed by atoms with Gasteiger partial charge in [-0.05, 0) is 13.3 Å². The summed E-state index contributed by atoms with van der Waals surface area (Å²) in [7, 11) is 1.28. The summed E-state index contributed by atoms with van der Waals surface area (Å²) in [6.07, 6.45) is 0.541. The third kappa shape index (κ3) is 3.35. The van der Waals surface area contributed by atoms with Crippen molar-refractivity contribution < 1.29 is 24.2 Å². The maximum atomic E-state index is 11.7. The zero-order valence-corrected chi connectivity index (χ0v) is 10.6. The molecule has 0 aromatic heterocycles. The number of nitrogens with one attached hydrogen (secondary N) is 1. The number of hydrogen-bond acceptors (Lipinski definition) is 4. The molecule has 1 rings (SSSR count). The van der Waals surface area contributed by atoms with Gasteiger partial charge in [-0.3, -0.25) is 9.59 Å². The molecule has 1 saturated heterocycles. The number of ether oxygens (including phenoxy) is 1. The van der Waals surface area contributed by atoms with Crippen molar-refractivity contribution in [3.63, 3.8) is 0 Å². The summed E-state index contributed by atoms with van der Waals surface area (Å²) in [6.45, 7) is 2.40. The standard InChI is InChI=1S/C11H18N2O5/c1-11(9(15)16)4-6-13(7-11)10(17)12-5-3-8(14)18-2/h3-7H2,1-2H3,(H,12,17)(H,15,16). The fourth-order valence-electron chi connectivity index (χ4n) is 1.79. The van der Waals surface area contributed by atoms with Crippen LogP contribution in [0, 0.1) is 5.41 Å². The molecule has 2 amide bonds. The highest BCUT2D eigenvalue weighted by molar-refractivity contribution is 5.79. The van der Waals surface area contributed by atoms with E-state index in [9.17, 15) is 14.4 Å². The van der Waals surface area contributed by atoms with Crippen molar-refractivity contribution in [1.29, 1.82) is 0 Å². The Morgan fingerprint density at radius 3 is 2.61 bits per heavy atom. The van der Waals surface area contributed by atoms with Crippen LogP contribution in [0.15, 0.2) is 0 Å². The van der Waals surface area contributed by atoms with Gasteiger partial charge in [-0.25, -0.2) is 4.79 Å². The lowest BCUT2D eigenvalue weighted by molar-refractivity contribution is -0.147. The molecule has 1 heterocycles. The number of methoxy groups -OCH3 is 1. The summed E-state index contributed by atoms with van der Waals surface area (Å²) in [6, 6.07) is -0.344. The van der Waals surface area contributed by atoms with Gasteiger partial charge in [0.05, 0.1) is 18.9 Å². The van der Waals surface area contributed by atoms with E-state index in [2.05, 4.69) is 10.1 Å². The highest BCUT2D eigenvalue weighted by Crippen LogP contribution is 2.29. The van der Waals surface area contributed by atoms with Gasteiger partial charge >= 0.3 is 18.0 Å². The van der Waals surface area contributed by atoms with E-state index in [0.717, 1.165) is 0 Å². The van der Waals surface area contributed by atoms with Gasteiger partial charge in [0.15, 0.2) is 0 Å². The molecule has 0 radical (unpaired) electrons. The second-order valence-electron chi connectivity index (χ2n) is 4.60. The van der Waals surface area contributed by atoms with Crippen LogP contribution in [0.4, 0.5) is 4.79 Å². The first kappa shape index (κ1) is 14.3. The van der Waals surface area contributed by atoms with Crippen molar-refractivity contribution in [2.24, 2.45) is 5.41 Å². The number of urea groups is 1. The van der Waals surface area contributed by atoms with Gasteiger partial charge < -0.3 is 20.1 Å². The molecule has 0 saturated carbocycles. The lowest BCUT2D eigenvalue weighted by Crippen LogP contribution is -2.41. The van der Waals surface area contributed by atoms with E-state index in [0.29, 0.717) is 13.0 Å². The molecule has 102 valence electrons. The first-order valence-electron chi connectivity index (χ1n) is 5.72. The molecular formula is C11H18N2O5. The fourth-order valence-corrected chi connectivity index (χ4v) is 1.79. The maximum absolute atomic E-state index is 11.7. The van der Waals surface area contributed by atoms with Gasteiger partial charge in [-0.15, -0.1) is 0 Å². The number of hydrogen-bond donors (Lipinski definition) is 2. The molecule has 7 heteroatoms. The lowest BCUT2D eigenvalue weighted by Gasteiger charge is -2.20. The van der Waals surface area contributed by atoms with Crippen molar-refractivity contribution in [3.8, 4) is 0 Å². The number of amides is 2. The van der Waals surface area contributed by atoms with Crippen molar-refractivity contribution >= 4 is 18.0 Å². The maximum Gasteiger partial charge on any atom is 0.317 e. The minimum atomic E-state index is -0.896. The molecular weight excluding hydrogens is 240 g/mol. The van der Waals surface area contributed by atoms with Crippen LogP contribution in [-0.4, -0.2) is 54.7 Å². The number of carbonyl (C=O) groups is 3. The molecule has 7 nitrogen and oxygen atoms in total. The van der Waals surface area contributed by atoms with Crippen LogP contribution in [0.1, 0.15) is 19.8 Å². The molecule has 1 aliphatic heterocycles. The summed E-state index contributed by atoms with van der Waals surface area (Å²) in [5.74, 6) is -1.29. The Labute approximate surface area is 105 Å². The first-order chi connectivity index (χ1) is 8.39. The van der Waals surface area contributed by atoms with Crippen LogP contribution in [0.5, 0.6) is 0 Å². The third-order valence-electron chi connectivity index (χ3n) is 3.11. The summed E-state index contributed by atoms with van der Waals surface area (Å²) in [5, 5.41) is 11.6. The molecule has 0 aromatic carbocycles. The topological polar surface area (TPSA) is 95.9 Å². The zero-order chi connectivity index (χ0) is 13.8. The van der Waals surface area contributed by atoms with Crippen molar-refractivity contribution in [1.82, 2.24) is 10.2 Å². The molecule has 0 aliphatic carbocycles. The molecule has 0 spiro atoms. The molecule has 0 bridgehead atoms. The zero-order valence-electron chi connectivity index (χ0n) is 10.6. The molecule has 2 N–H and O–H groups in total. The molecule has 1 aliphatic rings. The van der Waals surface area contributed by atoms with Gasteiger partial charge in [0.1, 0.15) is 0 Å². The number of rotatable bonds is 4. The van der Waals surface area contributed by atoms with Crippen molar-refractivity contribution in [2.45, 2.75) is 19.8 Å². The van der Waals surface area contributed by atoms with Gasteiger partial charge in [0.25, 0.3) is 0 Å². The van der Waals surface area contributed by atoms with E-state index >= 15 is 0 Å². The average molecular weight is 258 g/mol. The van der Waals surface area contributed by atoms with E-state index in [1.807, 2.05) is 0 Å². The monoisotopic (exact) mass is 258 g/mol. The quantitative estimate of drug-likeness (QED) is 0.695. The van der Waals surface area contributed by atoms with Crippen LogP contribution < -0.4 is 5.32 Å². The van der Waals surface area contributed by atoms with Gasteiger partial charge in [-0.1, -0.05) is 0 Å². The summed E-state index contributed by atoms with van der Waals surface area (Å²) < 4.78 is 4.44. The molecule has 1 unspecified atom stereocenters. The Balaban J connectivity index is 2.36. The molecule has 0 aromatic rings. The number of carboxylic acids is 1. The molecule has 1 atom stereocenters. The van der Waals surface area contributed by atoms with Gasteiger partial charge in [0, 0.05) is 19.6 Å². The predicted molar refractivity (Wildman–Crippen MR) is 62.0 cm³/mol. The number of nitrogens with zero attached hydrogens (tertiary/aromatic N) is 1. The Morgan fingerprint density at radius 2 is 2.11 bits per heavy atom. The second kappa shape index (κ2) is 5.70. The summed E-state index contributed by atoms with van der Waals surface area (Å²) in [4.78, 5) is 35.0. The van der Waals surface area contributed by atoms with Crippen LogP contribution in [-0.2, 0) is 14.3 Å². The lowest BCUT2D eigenvalue weighted by atomic mass is 9.90. The molecule has 18 heavy (non-hydrogen) atoms. The average Bonchev–Trinajstić information content (AvgIpc) is 2.73. The minimum Gasteiger partial charge on any atom is -0.481 e. The van der Waals surface area contributed by atoms with E-state index in [-0.39, 0.29) is 25.5 Å². The van der Waals surface area contributed by atoms with Crippen molar-refractivity contribution in [3.05, 3.63) is 0 Å². The third-order valence-corrected chi connectivity index (χ3v) is 3.11.